The molecule has 0 unspecified atom stereocenters. The van der Waals surface area contributed by atoms with Crippen molar-refractivity contribution >= 4 is 28.8 Å². The van der Waals surface area contributed by atoms with Crippen LogP contribution < -0.4 is 21.3 Å². The molecule has 140 valence electrons. The zero-order valence-electron chi connectivity index (χ0n) is 14.6. The number of phenols is 1. The average Bonchev–Trinajstić information content (AvgIpc) is 2.59. The fourth-order valence-corrected chi connectivity index (χ4v) is 2.56. The number of nitrogens with two attached hydrogens (primary N) is 1. The fraction of sp³-hybridized carbons (Fsp3) is 0.278. The molecule has 2 rings (SSSR count). The van der Waals surface area contributed by atoms with Crippen molar-refractivity contribution in [1.82, 2.24) is 0 Å². The third-order valence-electron chi connectivity index (χ3n) is 3.85. The summed E-state index contributed by atoms with van der Waals surface area (Å²) < 4.78 is 0. The molecule has 0 saturated carbocycles. The monoisotopic (exact) mass is 360 g/mol. The Labute approximate surface area is 151 Å². The van der Waals surface area contributed by atoms with Crippen LogP contribution in [0.2, 0.25) is 0 Å². The van der Waals surface area contributed by atoms with Gasteiger partial charge in [-0.3, -0.25) is 0 Å². The van der Waals surface area contributed by atoms with Gasteiger partial charge in [-0.05, 0) is 42.8 Å². The first kappa shape index (κ1) is 19.4. The number of aromatic hydroxyl groups is 1. The highest BCUT2D eigenvalue weighted by atomic mass is 16.3. The lowest BCUT2D eigenvalue weighted by Gasteiger charge is -2.23. The van der Waals surface area contributed by atoms with Gasteiger partial charge in [0.05, 0.1) is 24.6 Å². The van der Waals surface area contributed by atoms with Gasteiger partial charge in [0.25, 0.3) is 0 Å². The molecule has 2 aromatic rings. The lowest BCUT2D eigenvalue weighted by Crippen LogP contribution is -2.29. The summed E-state index contributed by atoms with van der Waals surface area (Å²) in [5, 5.41) is 33.7. The molecule has 0 heterocycles. The molecular formula is C18H24N4O4. The van der Waals surface area contributed by atoms with E-state index in [0.29, 0.717) is 30.0 Å². The van der Waals surface area contributed by atoms with E-state index in [0.717, 1.165) is 11.4 Å². The number of carbonyl (C=O) groups excluding carboxylic acids is 1. The molecule has 8 nitrogen and oxygen atoms in total. The molecule has 0 bridgehead atoms. The van der Waals surface area contributed by atoms with Gasteiger partial charge in [0.2, 0.25) is 0 Å². The number of anilines is 4. The molecule has 2 amide bonds. The van der Waals surface area contributed by atoms with E-state index in [2.05, 4.69) is 10.6 Å². The minimum atomic E-state index is -0.727. The van der Waals surface area contributed by atoms with Crippen LogP contribution in [-0.2, 0) is 0 Å². The van der Waals surface area contributed by atoms with Crippen LogP contribution in [0.1, 0.15) is 5.56 Å². The summed E-state index contributed by atoms with van der Waals surface area (Å²) in [5.74, 6) is 0.0540. The Kier molecular flexibility index (Phi) is 6.65. The first-order chi connectivity index (χ1) is 12.4. The SMILES string of the molecule is Cc1cc(Nc2ccc(N(CCO)CCO)cc2)c(NC(N)=O)cc1O. The van der Waals surface area contributed by atoms with Crippen molar-refractivity contribution in [2.75, 3.05) is 41.8 Å². The smallest absolute Gasteiger partial charge is 0.316 e. The number of aliphatic hydroxyl groups excluding tert-OH is 2. The second kappa shape index (κ2) is 8.93. The Morgan fingerprint density at radius 1 is 1.08 bits per heavy atom. The van der Waals surface area contributed by atoms with Gasteiger partial charge >= 0.3 is 6.03 Å². The number of hydrogen-bond donors (Lipinski definition) is 6. The Balaban J connectivity index is 2.23. The molecule has 0 aromatic heterocycles. The van der Waals surface area contributed by atoms with Crippen LogP contribution in [0.5, 0.6) is 5.75 Å². The number of nitrogens with one attached hydrogen (secondary N) is 2. The quantitative estimate of drug-likeness (QED) is 0.397. The zero-order valence-corrected chi connectivity index (χ0v) is 14.6. The number of primary amides is 1. The molecule has 0 aliphatic carbocycles. The van der Waals surface area contributed by atoms with Crippen molar-refractivity contribution in [2.45, 2.75) is 6.92 Å². The number of aliphatic hydroxyl groups is 2. The first-order valence-electron chi connectivity index (χ1n) is 8.18. The van der Waals surface area contributed by atoms with Gasteiger partial charge in [0, 0.05) is 30.5 Å². The highest BCUT2D eigenvalue weighted by Crippen LogP contribution is 2.32. The van der Waals surface area contributed by atoms with Crippen LogP contribution in [0.4, 0.5) is 27.5 Å². The summed E-state index contributed by atoms with van der Waals surface area (Å²) in [6.45, 7) is 2.59. The Morgan fingerprint density at radius 2 is 1.69 bits per heavy atom. The van der Waals surface area contributed by atoms with E-state index in [-0.39, 0.29) is 19.0 Å². The van der Waals surface area contributed by atoms with Crippen molar-refractivity contribution in [3.8, 4) is 5.75 Å². The van der Waals surface area contributed by atoms with E-state index in [1.165, 1.54) is 6.07 Å². The van der Waals surface area contributed by atoms with Crippen molar-refractivity contribution in [2.24, 2.45) is 5.73 Å². The van der Waals surface area contributed by atoms with Crippen molar-refractivity contribution in [1.29, 1.82) is 0 Å². The largest absolute Gasteiger partial charge is 0.508 e. The lowest BCUT2D eigenvalue weighted by molar-refractivity contribution is 0.259. The van der Waals surface area contributed by atoms with Gasteiger partial charge in [0.15, 0.2) is 0 Å². The van der Waals surface area contributed by atoms with Crippen LogP contribution in [0.3, 0.4) is 0 Å². The number of aryl methyl sites for hydroxylation is 1. The number of rotatable bonds is 8. The van der Waals surface area contributed by atoms with E-state index < -0.39 is 6.03 Å². The molecule has 26 heavy (non-hydrogen) atoms. The predicted molar refractivity (Wildman–Crippen MR) is 102 cm³/mol. The maximum absolute atomic E-state index is 11.2. The Bertz CT molecular complexity index is 744. The van der Waals surface area contributed by atoms with Crippen molar-refractivity contribution < 1.29 is 20.1 Å². The van der Waals surface area contributed by atoms with Gasteiger partial charge in [-0.25, -0.2) is 4.79 Å². The molecule has 0 aliphatic rings. The van der Waals surface area contributed by atoms with Crippen LogP contribution >= 0.6 is 0 Å². The van der Waals surface area contributed by atoms with Crippen LogP contribution in [0, 0.1) is 6.92 Å². The Hall–Kier alpha value is -2.97. The third kappa shape index (κ3) is 5.01. The second-order valence-corrected chi connectivity index (χ2v) is 5.78. The number of amides is 2. The van der Waals surface area contributed by atoms with Crippen molar-refractivity contribution in [3.63, 3.8) is 0 Å². The van der Waals surface area contributed by atoms with Crippen LogP contribution in [0.25, 0.3) is 0 Å². The summed E-state index contributed by atoms with van der Waals surface area (Å²) in [6.07, 6.45) is 0. The molecule has 0 saturated heterocycles. The molecule has 7 N–H and O–H groups in total. The third-order valence-corrected chi connectivity index (χ3v) is 3.85. The molecule has 0 radical (unpaired) electrons. The summed E-state index contributed by atoms with van der Waals surface area (Å²) in [7, 11) is 0. The maximum atomic E-state index is 11.2. The first-order valence-corrected chi connectivity index (χ1v) is 8.18. The zero-order chi connectivity index (χ0) is 19.1. The average molecular weight is 360 g/mol. The number of hydrogen-bond acceptors (Lipinski definition) is 6. The number of phenolic OH excluding ortho intramolecular Hbond substituents is 1. The molecular weight excluding hydrogens is 336 g/mol. The van der Waals surface area contributed by atoms with Crippen molar-refractivity contribution in [3.05, 3.63) is 42.0 Å². The van der Waals surface area contributed by atoms with Gasteiger partial charge in [0.1, 0.15) is 5.75 Å². The molecule has 0 aliphatic heterocycles. The van der Waals surface area contributed by atoms with Gasteiger partial charge in [-0.1, -0.05) is 0 Å². The highest BCUT2D eigenvalue weighted by Gasteiger charge is 2.10. The molecule has 0 fully saturated rings. The van der Waals surface area contributed by atoms with Gasteiger partial charge < -0.3 is 36.6 Å². The molecule has 0 spiro atoms. The van der Waals surface area contributed by atoms with E-state index >= 15 is 0 Å². The maximum Gasteiger partial charge on any atom is 0.316 e. The van der Waals surface area contributed by atoms with Gasteiger partial charge in [-0.2, -0.15) is 0 Å². The van der Waals surface area contributed by atoms with E-state index in [9.17, 15) is 9.90 Å². The fourth-order valence-electron chi connectivity index (χ4n) is 2.56. The second-order valence-electron chi connectivity index (χ2n) is 5.78. The number of nitrogens with zero attached hydrogens (tertiary/aromatic N) is 1. The predicted octanol–water partition coefficient (Wildman–Crippen LogP) is 1.73. The molecule has 0 atom stereocenters. The summed E-state index contributed by atoms with van der Waals surface area (Å²) in [5.41, 5.74) is 8.42. The Morgan fingerprint density at radius 3 is 2.23 bits per heavy atom. The van der Waals surface area contributed by atoms with Crippen LogP contribution in [0.15, 0.2) is 36.4 Å². The lowest BCUT2D eigenvalue weighted by atomic mass is 10.1. The molecule has 8 heteroatoms. The normalized spacial score (nSPS) is 10.4. The van der Waals surface area contributed by atoms with Gasteiger partial charge in [-0.15, -0.1) is 0 Å². The summed E-state index contributed by atoms with van der Waals surface area (Å²) >= 11 is 0. The number of carbonyl (C=O) groups is 1. The minimum absolute atomic E-state index is 0.00503. The van der Waals surface area contributed by atoms with E-state index in [1.54, 1.807) is 13.0 Å². The van der Waals surface area contributed by atoms with E-state index in [1.807, 2.05) is 29.2 Å². The summed E-state index contributed by atoms with van der Waals surface area (Å²) in [4.78, 5) is 13.0. The number of benzene rings is 2. The number of urea groups is 1. The summed E-state index contributed by atoms with van der Waals surface area (Å²) in [6, 6.07) is 9.82. The molecule has 2 aromatic carbocycles. The standard InChI is InChI=1S/C18H24N4O4/c1-12-10-15(16(11-17(12)25)21-18(19)26)20-13-2-4-14(5-3-13)22(6-8-23)7-9-24/h2-5,10-11,20,23-25H,6-9H2,1H3,(H3,19,21,26). The minimum Gasteiger partial charge on any atom is -0.508 e. The van der Waals surface area contributed by atoms with Crippen LogP contribution in [-0.4, -0.2) is 47.7 Å². The highest BCUT2D eigenvalue weighted by molar-refractivity contribution is 5.93. The van der Waals surface area contributed by atoms with E-state index in [4.69, 9.17) is 15.9 Å². The topological polar surface area (TPSA) is 131 Å².